The second kappa shape index (κ2) is 8.24. The Kier molecular flexibility index (Phi) is 5.13. The number of amides is 1. The fourth-order valence-corrected chi connectivity index (χ4v) is 4.51. The number of para-hydroxylation sites is 1. The zero-order valence-electron chi connectivity index (χ0n) is 17.2. The number of aromatic nitrogens is 1. The lowest BCUT2D eigenvalue weighted by atomic mass is 10.1. The summed E-state index contributed by atoms with van der Waals surface area (Å²) in [6, 6.07) is 25.8. The van der Waals surface area contributed by atoms with Gasteiger partial charge in [0.15, 0.2) is 5.76 Å². The molecule has 0 aliphatic rings. The molecule has 0 saturated heterocycles. The van der Waals surface area contributed by atoms with Crippen molar-refractivity contribution >= 4 is 39.7 Å². The molecular formula is C26H18N2O3S. The topological polar surface area (TPSA) is 72.2 Å². The minimum Gasteiger partial charge on any atom is -0.450 e. The summed E-state index contributed by atoms with van der Waals surface area (Å²) in [6.45, 7) is 1.87. The normalized spacial score (nSPS) is 10.9. The number of hydrogen-bond acceptors (Lipinski definition) is 5. The number of thiazole rings is 1. The number of rotatable bonds is 5. The van der Waals surface area contributed by atoms with Crippen molar-refractivity contribution < 1.29 is 14.0 Å². The van der Waals surface area contributed by atoms with E-state index in [1.54, 1.807) is 30.3 Å². The molecule has 0 aliphatic heterocycles. The van der Waals surface area contributed by atoms with E-state index in [4.69, 9.17) is 4.42 Å². The van der Waals surface area contributed by atoms with Crippen LogP contribution in [0.3, 0.4) is 0 Å². The van der Waals surface area contributed by atoms with E-state index in [1.165, 1.54) is 11.3 Å². The SMILES string of the molecule is Cc1nc(C(=O)Nc2c(C(=O)c3ccccc3)oc3ccccc23)c(-c2ccccc2)s1. The van der Waals surface area contributed by atoms with E-state index in [-0.39, 0.29) is 17.5 Å². The molecule has 156 valence electrons. The maximum absolute atomic E-state index is 13.4. The third kappa shape index (κ3) is 3.61. The molecule has 5 nitrogen and oxygen atoms in total. The molecule has 0 bridgehead atoms. The molecule has 5 rings (SSSR count). The lowest BCUT2D eigenvalue weighted by Gasteiger charge is -2.06. The number of ketones is 1. The van der Waals surface area contributed by atoms with Crippen LogP contribution in [0.4, 0.5) is 5.69 Å². The van der Waals surface area contributed by atoms with Gasteiger partial charge in [-0.1, -0.05) is 72.8 Å². The molecule has 1 amide bonds. The van der Waals surface area contributed by atoms with Gasteiger partial charge in [0.25, 0.3) is 5.91 Å². The zero-order chi connectivity index (χ0) is 22.1. The molecule has 6 heteroatoms. The van der Waals surface area contributed by atoms with Crippen LogP contribution in [0, 0.1) is 6.92 Å². The van der Waals surface area contributed by atoms with Crippen molar-refractivity contribution in [3.05, 3.63) is 107 Å². The van der Waals surface area contributed by atoms with E-state index in [2.05, 4.69) is 10.3 Å². The summed E-state index contributed by atoms with van der Waals surface area (Å²) in [5.41, 5.74) is 2.60. The van der Waals surface area contributed by atoms with Crippen LogP contribution in [0.1, 0.15) is 31.6 Å². The average Bonchev–Trinajstić information content (AvgIpc) is 3.41. The maximum atomic E-state index is 13.4. The predicted molar refractivity (Wildman–Crippen MR) is 126 cm³/mol. The molecule has 5 aromatic rings. The lowest BCUT2D eigenvalue weighted by molar-refractivity contribution is 0.101. The predicted octanol–water partition coefficient (Wildman–Crippen LogP) is 6.35. The van der Waals surface area contributed by atoms with Crippen LogP contribution in [0.25, 0.3) is 21.4 Å². The molecule has 0 radical (unpaired) electrons. The third-order valence-corrected chi connectivity index (χ3v) is 6.08. The van der Waals surface area contributed by atoms with Crippen LogP contribution in [0.15, 0.2) is 89.3 Å². The highest BCUT2D eigenvalue weighted by atomic mass is 32.1. The summed E-state index contributed by atoms with van der Waals surface area (Å²) in [4.78, 5) is 31.8. The van der Waals surface area contributed by atoms with Crippen molar-refractivity contribution in [1.29, 1.82) is 0 Å². The molecule has 0 aliphatic carbocycles. The fourth-order valence-electron chi connectivity index (χ4n) is 3.59. The minimum atomic E-state index is -0.387. The van der Waals surface area contributed by atoms with Crippen molar-refractivity contribution in [2.75, 3.05) is 5.32 Å². The van der Waals surface area contributed by atoms with Gasteiger partial charge in [0, 0.05) is 10.9 Å². The van der Waals surface area contributed by atoms with E-state index in [1.807, 2.05) is 61.5 Å². The van der Waals surface area contributed by atoms with Gasteiger partial charge in [0.05, 0.1) is 15.6 Å². The number of aryl methyl sites for hydroxylation is 1. The Hall–Kier alpha value is -4.03. The second-order valence-corrected chi connectivity index (χ2v) is 8.43. The molecule has 0 saturated carbocycles. The highest BCUT2D eigenvalue weighted by Gasteiger charge is 2.26. The number of nitrogens with zero attached hydrogens (tertiary/aromatic N) is 1. The molecule has 32 heavy (non-hydrogen) atoms. The number of furan rings is 1. The Labute approximate surface area is 188 Å². The quantitative estimate of drug-likeness (QED) is 0.325. The number of benzene rings is 3. The summed E-state index contributed by atoms with van der Waals surface area (Å²) in [7, 11) is 0. The van der Waals surface area contributed by atoms with Gasteiger partial charge >= 0.3 is 0 Å². The Balaban J connectivity index is 1.58. The van der Waals surface area contributed by atoms with Gasteiger partial charge in [-0.3, -0.25) is 9.59 Å². The van der Waals surface area contributed by atoms with Crippen LogP contribution >= 0.6 is 11.3 Å². The van der Waals surface area contributed by atoms with Crippen molar-refractivity contribution in [1.82, 2.24) is 4.98 Å². The largest absolute Gasteiger partial charge is 0.450 e. The van der Waals surface area contributed by atoms with Gasteiger partial charge in [0.2, 0.25) is 5.78 Å². The zero-order valence-corrected chi connectivity index (χ0v) is 18.0. The molecule has 1 N–H and O–H groups in total. The van der Waals surface area contributed by atoms with Crippen LogP contribution < -0.4 is 5.32 Å². The van der Waals surface area contributed by atoms with Crippen LogP contribution in [-0.4, -0.2) is 16.7 Å². The molecule has 0 spiro atoms. The number of hydrogen-bond donors (Lipinski definition) is 1. The van der Waals surface area contributed by atoms with Crippen LogP contribution in [-0.2, 0) is 0 Å². The summed E-state index contributed by atoms with van der Waals surface area (Å²) < 4.78 is 5.89. The molecule has 2 heterocycles. The Bertz CT molecular complexity index is 1440. The van der Waals surface area contributed by atoms with Crippen molar-refractivity contribution in [2.45, 2.75) is 6.92 Å². The summed E-state index contributed by atoms with van der Waals surface area (Å²) in [5, 5.41) is 4.36. The standard InChI is InChI=1S/C26H18N2O3S/c1-16-27-22(25(32-16)18-12-6-3-7-13-18)26(30)28-21-19-14-8-9-15-20(19)31-24(21)23(29)17-10-4-2-5-11-17/h2-15H,1H3,(H,28,30). The molecule has 0 unspecified atom stereocenters. The van der Waals surface area contributed by atoms with E-state index in [9.17, 15) is 9.59 Å². The molecule has 0 atom stereocenters. The van der Waals surface area contributed by atoms with Crippen molar-refractivity contribution in [2.24, 2.45) is 0 Å². The molecule has 0 fully saturated rings. The number of fused-ring (bicyclic) bond motifs is 1. The van der Waals surface area contributed by atoms with Crippen molar-refractivity contribution in [3.63, 3.8) is 0 Å². The fraction of sp³-hybridized carbons (Fsp3) is 0.0385. The summed E-state index contributed by atoms with van der Waals surface area (Å²) in [5.74, 6) is -0.587. The van der Waals surface area contributed by atoms with Crippen LogP contribution in [0.2, 0.25) is 0 Å². The average molecular weight is 439 g/mol. The lowest BCUT2D eigenvalue weighted by Crippen LogP contribution is -2.15. The van der Waals surface area contributed by atoms with Gasteiger partial charge in [-0.15, -0.1) is 11.3 Å². The highest BCUT2D eigenvalue weighted by Crippen LogP contribution is 2.35. The van der Waals surface area contributed by atoms with Gasteiger partial charge in [-0.2, -0.15) is 0 Å². The second-order valence-electron chi connectivity index (χ2n) is 7.23. The minimum absolute atomic E-state index is 0.0963. The summed E-state index contributed by atoms with van der Waals surface area (Å²) in [6.07, 6.45) is 0. The Morgan fingerprint density at radius 1 is 0.875 bits per heavy atom. The first-order chi connectivity index (χ1) is 15.6. The first kappa shape index (κ1) is 19.9. The number of nitrogens with one attached hydrogen (secondary N) is 1. The molecule has 3 aromatic carbocycles. The van der Waals surface area contributed by atoms with Gasteiger partial charge < -0.3 is 9.73 Å². The third-order valence-electron chi connectivity index (χ3n) is 5.06. The van der Waals surface area contributed by atoms with E-state index >= 15 is 0 Å². The van der Waals surface area contributed by atoms with E-state index in [0.717, 1.165) is 15.4 Å². The van der Waals surface area contributed by atoms with Gasteiger partial charge in [-0.25, -0.2) is 4.98 Å². The van der Waals surface area contributed by atoms with Crippen LogP contribution in [0.5, 0.6) is 0 Å². The van der Waals surface area contributed by atoms with E-state index in [0.29, 0.717) is 27.9 Å². The first-order valence-electron chi connectivity index (χ1n) is 10.1. The summed E-state index contributed by atoms with van der Waals surface area (Å²) >= 11 is 1.46. The number of anilines is 1. The Morgan fingerprint density at radius 3 is 2.28 bits per heavy atom. The van der Waals surface area contributed by atoms with Gasteiger partial charge in [-0.05, 0) is 24.6 Å². The van der Waals surface area contributed by atoms with Gasteiger partial charge in [0.1, 0.15) is 11.3 Å². The molecule has 2 aromatic heterocycles. The highest BCUT2D eigenvalue weighted by molar-refractivity contribution is 7.15. The smallest absolute Gasteiger partial charge is 0.275 e. The van der Waals surface area contributed by atoms with Crippen molar-refractivity contribution in [3.8, 4) is 10.4 Å². The van der Waals surface area contributed by atoms with E-state index < -0.39 is 0 Å². The monoisotopic (exact) mass is 438 g/mol. The number of carbonyl (C=O) groups is 2. The maximum Gasteiger partial charge on any atom is 0.275 e. The Morgan fingerprint density at radius 2 is 1.53 bits per heavy atom. The molecular weight excluding hydrogens is 420 g/mol. The number of carbonyl (C=O) groups excluding carboxylic acids is 2. The first-order valence-corrected chi connectivity index (χ1v) is 10.9.